The summed E-state index contributed by atoms with van der Waals surface area (Å²) in [5, 5.41) is 9.65. The Morgan fingerprint density at radius 3 is 2.77 bits per heavy atom. The number of benzene rings is 1. The molecular weight excluding hydrogens is 456 g/mol. The fraction of sp³-hybridized carbons (Fsp3) is 0.292. The second kappa shape index (κ2) is 8.26. The number of halogens is 2. The first-order chi connectivity index (χ1) is 17.1. The molecule has 0 N–H and O–H groups in total. The third-order valence-corrected chi connectivity index (χ3v) is 6.37. The van der Waals surface area contributed by atoms with Crippen LogP contribution in [0.5, 0.6) is 11.9 Å². The van der Waals surface area contributed by atoms with E-state index in [1.165, 1.54) is 18.9 Å². The Balaban J connectivity index is 1.38. The van der Waals surface area contributed by atoms with E-state index >= 15 is 0 Å². The highest BCUT2D eigenvalue weighted by atomic mass is 19.3. The van der Waals surface area contributed by atoms with Gasteiger partial charge in [0, 0.05) is 29.5 Å². The highest BCUT2D eigenvalue weighted by molar-refractivity contribution is 5.80. The molecule has 4 aromatic heterocycles. The van der Waals surface area contributed by atoms with Crippen molar-refractivity contribution in [1.82, 2.24) is 34.3 Å². The molecule has 2 atom stereocenters. The number of fused-ring (bicyclic) bond motifs is 2. The molecule has 1 aliphatic rings. The zero-order valence-electron chi connectivity index (χ0n) is 19.0. The number of ether oxygens (including phenoxy) is 2. The van der Waals surface area contributed by atoms with Gasteiger partial charge < -0.3 is 9.47 Å². The Labute approximate surface area is 198 Å². The average Bonchev–Trinajstić information content (AvgIpc) is 3.35. The summed E-state index contributed by atoms with van der Waals surface area (Å²) in [6.07, 6.45) is 5.21. The van der Waals surface area contributed by atoms with Crippen molar-refractivity contribution in [1.29, 1.82) is 0 Å². The van der Waals surface area contributed by atoms with Gasteiger partial charge in [-0.1, -0.05) is 12.1 Å². The summed E-state index contributed by atoms with van der Waals surface area (Å²) >= 11 is 0. The summed E-state index contributed by atoms with van der Waals surface area (Å²) in [6, 6.07) is 8.17. The van der Waals surface area contributed by atoms with E-state index in [-0.39, 0.29) is 17.8 Å². The van der Waals surface area contributed by atoms with E-state index in [1.54, 1.807) is 29.3 Å². The van der Waals surface area contributed by atoms with E-state index in [2.05, 4.69) is 25.1 Å². The van der Waals surface area contributed by atoms with Crippen LogP contribution in [0.2, 0.25) is 0 Å². The molecule has 0 saturated heterocycles. The van der Waals surface area contributed by atoms with E-state index in [0.717, 1.165) is 34.1 Å². The van der Waals surface area contributed by atoms with Crippen molar-refractivity contribution in [2.24, 2.45) is 0 Å². The summed E-state index contributed by atoms with van der Waals surface area (Å²) in [6.45, 7) is -0.421. The van der Waals surface area contributed by atoms with E-state index in [9.17, 15) is 8.78 Å². The van der Waals surface area contributed by atoms with Crippen molar-refractivity contribution in [3.05, 3.63) is 60.2 Å². The molecule has 4 heterocycles. The minimum absolute atomic E-state index is 0.204. The van der Waals surface area contributed by atoms with Crippen molar-refractivity contribution in [2.75, 3.05) is 14.2 Å². The van der Waals surface area contributed by atoms with Crippen molar-refractivity contribution in [3.63, 3.8) is 0 Å². The van der Waals surface area contributed by atoms with Crippen molar-refractivity contribution in [3.8, 4) is 23.1 Å². The van der Waals surface area contributed by atoms with Crippen LogP contribution in [0.3, 0.4) is 0 Å². The zero-order chi connectivity index (χ0) is 24.1. The van der Waals surface area contributed by atoms with Gasteiger partial charge in [0.1, 0.15) is 6.54 Å². The largest absolute Gasteiger partial charge is 0.480 e. The van der Waals surface area contributed by atoms with Crippen LogP contribution in [0.4, 0.5) is 8.78 Å². The molecule has 1 aromatic carbocycles. The molecule has 1 aliphatic carbocycles. The van der Waals surface area contributed by atoms with Gasteiger partial charge in [0.2, 0.25) is 5.88 Å². The number of aromatic nitrogens is 7. The first-order valence-corrected chi connectivity index (χ1v) is 11.1. The summed E-state index contributed by atoms with van der Waals surface area (Å²) < 4.78 is 39.6. The number of methoxy groups -OCH3 is 2. The lowest BCUT2D eigenvalue weighted by molar-refractivity contribution is 0.123. The number of nitrogens with zero attached hydrogens (tertiary/aromatic N) is 7. The lowest BCUT2D eigenvalue weighted by Gasteiger charge is -2.11. The summed E-state index contributed by atoms with van der Waals surface area (Å²) in [7, 11) is 3.03. The third kappa shape index (κ3) is 3.72. The Morgan fingerprint density at radius 2 is 1.97 bits per heavy atom. The van der Waals surface area contributed by atoms with E-state index in [4.69, 9.17) is 9.47 Å². The topological polar surface area (TPSA) is 92.3 Å². The van der Waals surface area contributed by atoms with Crippen LogP contribution in [0, 0.1) is 0 Å². The first kappa shape index (κ1) is 21.4. The van der Waals surface area contributed by atoms with Crippen LogP contribution >= 0.6 is 0 Å². The molecule has 2 unspecified atom stereocenters. The lowest BCUT2D eigenvalue weighted by atomic mass is 10.0. The van der Waals surface area contributed by atoms with Gasteiger partial charge in [-0.15, -0.1) is 0 Å². The molecule has 9 nitrogen and oxygen atoms in total. The molecule has 11 heteroatoms. The SMILES string of the molecule is COc1ncc(-c2cc(C3CC3c3ccc4cnn(CC(F)F)c4c3)c3nccn3n2)c(OC)n1. The van der Waals surface area contributed by atoms with Gasteiger partial charge in [0.05, 0.1) is 37.2 Å². The molecule has 0 radical (unpaired) electrons. The Kier molecular flexibility index (Phi) is 5.05. The van der Waals surface area contributed by atoms with Gasteiger partial charge >= 0.3 is 6.01 Å². The first-order valence-electron chi connectivity index (χ1n) is 11.1. The minimum Gasteiger partial charge on any atom is -0.480 e. The standard InChI is InChI=1S/C24H21F2N7O2/c1-34-23-18(11-28-24(30-23)35-2)19-9-17(22-27-5-6-32(22)31-19)16-8-15(16)13-3-4-14-10-29-33(12-21(25)26)20(14)7-13/h3-7,9-11,15-16,21H,8,12H2,1-2H3. The molecular formula is C24H21F2N7O2. The summed E-state index contributed by atoms with van der Waals surface area (Å²) in [4.78, 5) is 13.0. The Morgan fingerprint density at radius 1 is 1.09 bits per heavy atom. The van der Waals surface area contributed by atoms with Gasteiger partial charge in [-0.2, -0.15) is 15.2 Å². The van der Waals surface area contributed by atoms with Crippen LogP contribution in [-0.2, 0) is 6.54 Å². The number of rotatable bonds is 7. The minimum atomic E-state index is -2.46. The maximum atomic E-state index is 13.0. The van der Waals surface area contributed by atoms with Crippen molar-refractivity contribution in [2.45, 2.75) is 31.2 Å². The molecule has 0 bridgehead atoms. The molecule has 5 aromatic rings. The average molecular weight is 477 g/mol. The van der Waals surface area contributed by atoms with Crippen LogP contribution in [0.25, 0.3) is 27.8 Å². The summed E-state index contributed by atoms with van der Waals surface area (Å²) in [5.41, 5.74) is 4.92. The van der Waals surface area contributed by atoms with Gasteiger partial charge in [0.15, 0.2) is 5.65 Å². The van der Waals surface area contributed by atoms with Gasteiger partial charge in [-0.3, -0.25) is 4.68 Å². The molecule has 178 valence electrons. The van der Waals surface area contributed by atoms with E-state index < -0.39 is 13.0 Å². The highest BCUT2D eigenvalue weighted by Gasteiger charge is 2.41. The molecule has 1 fully saturated rings. The predicted octanol–water partition coefficient (Wildman–Crippen LogP) is 4.09. The normalized spacial score (nSPS) is 17.4. The number of hydrogen-bond acceptors (Lipinski definition) is 7. The Bertz CT molecular complexity index is 1550. The van der Waals surface area contributed by atoms with E-state index in [1.807, 2.05) is 24.3 Å². The molecule has 0 spiro atoms. The predicted molar refractivity (Wildman–Crippen MR) is 123 cm³/mol. The van der Waals surface area contributed by atoms with Crippen LogP contribution in [0.1, 0.15) is 29.4 Å². The van der Waals surface area contributed by atoms with Crippen molar-refractivity contribution < 1.29 is 18.3 Å². The van der Waals surface area contributed by atoms with Crippen LogP contribution < -0.4 is 9.47 Å². The molecule has 6 rings (SSSR count). The maximum Gasteiger partial charge on any atom is 0.319 e. The fourth-order valence-corrected chi connectivity index (χ4v) is 4.63. The molecule has 0 aliphatic heterocycles. The van der Waals surface area contributed by atoms with Gasteiger partial charge in [-0.25, -0.2) is 23.3 Å². The smallest absolute Gasteiger partial charge is 0.319 e. The molecule has 1 saturated carbocycles. The second-order valence-electron chi connectivity index (χ2n) is 8.44. The monoisotopic (exact) mass is 477 g/mol. The number of hydrogen-bond donors (Lipinski definition) is 0. The second-order valence-corrected chi connectivity index (χ2v) is 8.44. The quantitative estimate of drug-likeness (QED) is 0.349. The lowest BCUT2D eigenvalue weighted by Crippen LogP contribution is -2.07. The van der Waals surface area contributed by atoms with Gasteiger partial charge in [0.25, 0.3) is 6.43 Å². The van der Waals surface area contributed by atoms with E-state index in [0.29, 0.717) is 17.1 Å². The van der Waals surface area contributed by atoms with Crippen LogP contribution in [-0.4, -0.2) is 55.0 Å². The molecule has 35 heavy (non-hydrogen) atoms. The third-order valence-electron chi connectivity index (χ3n) is 6.37. The zero-order valence-corrected chi connectivity index (χ0v) is 19.0. The number of alkyl halides is 2. The fourth-order valence-electron chi connectivity index (χ4n) is 4.63. The highest BCUT2D eigenvalue weighted by Crippen LogP contribution is 2.56. The summed E-state index contributed by atoms with van der Waals surface area (Å²) in [5.74, 6) is 0.801. The van der Waals surface area contributed by atoms with Crippen molar-refractivity contribution >= 4 is 16.6 Å². The molecule has 0 amide bonds. The van der Waals surface area contributed by atoms with Crippen LogP contribution in [0.15, 0.2) is 49.1 Å². The number of imidazole rings is 1. The van der Waals surface area contributed by atoms with Gasteiger partial charge in [-0.05, 0) is 36.0 Å². The Hall–Kier alpha value is -4.15. The maximum absolute atomic E-state index is 13.0.